The zero-order valence-electron chi connectivity index (χ0n) is 19.6. The Morgan fingerprint density at radius 2 is 1.64 bits per heavy atom. The van der Waals surface area contributed by atoms with Gasteiger partial charge in [-0.05, 0) is 31.0 Å². The Hall–Kier alpha value is -4.08. The van der Waals surface area contributed by atoms with Crippen LogP contribution in [-0.2, 0) is 16.0 Å². The van der Waals surface area contributed by atoms with Crippen molar-refractivity contribution in [2.45, 2.75) is 33.3 Å². The molecule has 190 valence electrons. The minimum atomic E-state index is -3.22. The van der Waals surface area contributed by atoms with Gasteiger partial charge in [0.05, 0.1) is 36.1 Å². The largest absolute Gasteiger partial charge is 0.494 e. The van der Waals surface area contributed by atoms with Crippen LogP contribution < -0.4 is 9.47 Å². The standard InChI is InChI=1S/C26H24F3NO6/c1-3-11-35-22-16-7-5-6-8-17(16)23(36-26(28)29)21-20(22)24(32)30(25(21)33)15-10-9-14(18(27)13-15)12-19(31)34-4-2/h5-10,13,26,32-33H,3-4,11-12H2,1-2H3. The number of halogens is 3. The SMILES string of the molecule is CCCOc1c2ccccc2c(OC(F)F)c2c(O)n(-c3ccc(CC(=O)OCC)c(F)c3)c(O)c12. The molecule has 4 aromatic rings. The van der Waals surface area contributed by atoms with E-state index in [0.717, 1.165) is 10.6 Å². The number of aromatic hydroxyl groups is 2. The molecular weight excluding hydrogens is 479 g/mol. The quantitative estimate of drug-likeness (QED) is 0.280. The highest BCUT2D eigenvalue weighted by Gasteiger charge is 2.29. The second-order valence-electron chi connectivity index (χ2n) is 7.92. The van der Waals surface area contributed by atoms with Gasteiger partial charge in [0, 0.05) is 10.8 Å². The number of alkyl halides is 2. The van der Waals surface area contributed by atoms with Gasteiger partial charge in [0.25, 0.3) is 0 Å². The van der Waals surface area contributed by atoms with Gasteiger partial charge >= 0.3 is 12.6 Å². The fourth-order valence-corrected chi connectivity index (χ4v) is 4.12. The van der Waals surface area contributed by atoms with E-state index < -0.39 is 30.2 Å². The fraction of sp³-hybridized carbons (Fsp3) is 0.269. The van der Waals surface area contributed by atoms with Gasteiger partial charge in [-0.25, -0.2) is 4.39 Å². The van der Waals surface area contributed by atoms with Crippen LogP contribution in [-0.4, -0.2) is 40.6 Å². The molecule has 0 saturated heterocycles. The minimum Gasteiger partial charge on any atom is -0.494 e. The van der Waals surface area contributed by atoms with E-state index in [4.69, 9.17) is 14.2 Å². The molecule has 10 heteroatoms. The van der Waals surface area contributed by atoms with Gasteiger partial charge in [-0.1, -0.05) is 37.3 Å². The van der Waals surface area contributed by atoms with E-state index in [1.165, 1.54) is 18.2 Å². The van der Waals surface area contributed by atoms with Gasteiger partial charge in [-0.3, -0.25) is 9.36 Å². The molecule has 0 unspecified atom stereocenters. The first-order valence-electron chi connectivity index (χ1n) is 11.3. The van der Waals surface area contributed by atoms with Crippen LogP contribution in [0.4, 0.5) is 13.2 Å². The van der Waals surface area contributed by atoms with Crippen molar-refractivity contribution in [1.82, 2.24) is 4.57 Å². The number of ether oxygens (including phenoxy) is 3. The Bertz CT molecular complexity index is 1430. The van der Waals surface area contributed by atoms with Crippen molar-refractivity contribution in [3.8, 4) is 28.9 Å². The maximum atomic E-state index is 14.8. The number of rotatable bonds is 9. The van der Waals surface area contributed by atoms with Crippen LogP contribution in [0.25, 0.3) is 27.2 Å². The third-order valence-electron chi connectivity index (χ3n) is 5.58. The first kappa shape index (κ1) is 25.0. The molecule has 0 bridgehead atoms. The zero-order chi connectivity index (χ0) is 26.0. The number of hydrogen-bond acceptors (Lipinski definition) is 6. The Balaban J connectivity index is 1.98. The number of carbonyl (C=O) groups excluding carboxylic acids is 1. The predicted molar refractivity (Wildman–Crippen MR) is 127 cm³/mol. The molecule has 0 aliphatic heterocycles. The smallest absolute Gasteiger partial charge is 0.387 e. The predicted octanol–water partition coefficient (Wildman–Crippen LogP) is 5.83. The molecule has 0 saturated carbocycles. The molecule has 3 aromatic carbocycles. The van der Waals surface area contributed by atoms with Gasteiger partial charge in [0.15, 0.2) is 0 Å². The van der Waals surface area contributed by atoms with E-state index in [1.54, 1.807) is 25.1 Å². The summed E-state index contributed by atoms with van der Waals surface area (Å²) in [4.78, 5) is 11.7. The van der Waals surface area contributed by atoms with Crippen molar-refractivity contribution >= 4 is 27.5 Å². The number of esters is 1. The number of aromatic nitrogens is 1. The fourth-order valence-electron chi connectivity index (χ4n) is 4.12. The first-order chi connectivity index (χ1) is 17.3. The molecule has 4 rings (SSSR count). The van der Waals surface area contributed by atoms with E-state index in [9.17, 15) is 28.2 Å². The molecule has 0 radical (unpaired) electrons. The van der Waals surface area contributed by atoms with Crippen molar-refractivity contribution in [2.24, 2.45) is 0 Å². The normalized spacial score (nSPS) is 11.4. The summed E-state index contributed by atoms with van der Waals surface area (Å²) in [6.45, 7) is 0.681. The Morgan fingerprint density at radius 1 is 1.00 bits per heavy atom. The molecule has 0 amide bonds. The maximum absolute atomic E-state index is 14.8. The van der Waals surface area contributed by atoms with Crippen LogP contribution in [0.1, 0.15) is 25.8 Å². The lowest BCUT2D eigenvalue weighted by Gasteiger charge is -2.15. The van der Waals surface area contributed by atoms with Crippen LogP contribution >= 0.6 is 0 Å². The van der Waals surface area contributed by atoms with E-state index >= 15 is 0 Å². The van der Waals surface area contributed by atoms with Crippen LogP contribution in [0.3, 0.4) is 0 Å². The van der Waals surface area contributed by atoms with Crippen molar-refractivity contribution in [1.29, 1.82) is 0 Å². The van der Waals surface area contributed by atoms with E-state index in [0.29, 0.717) is 11.8 Å². The highest BCUT2D eigenvalue weighted by Crippen LogP contribution is 2.52. The molecule has 2 N–H and O–H groups in total. The molecule has 1 heterocycles. The molecule has 0 atom stereocenters. The summed E-state index contributed by atoms with van der Waals surface area (Å²) in [6, 6.07) is 10.1. The van der Waals surface area contributed by atoms with Crippen LogP contribution in [0.5, 0.6) is 23.3 Å². The second kappa shape index (κ2) is 10.3. The second-order valence-corrected chi connectivity index (χ2v) is 7.92. The molecule has 1 aromatic heterocycles. The summed E-state index contributed by atoms with van der Waals surface area (Å²) in [5.41, 5.74) is 0.0344. The Kier molecular flexibility index (Phi) is 7.14. The summed E-state index contributed by atoms with van der Waals surface area (Å²) in [5, 5.41) is 22.7. The van der Waals surface area contributed by atoms with E-state index in [2.05, 4.69) is 0 Å². The van der Waals surface area contributed by atoms with Crippen LogP contribution in [0.2, 0.25) is 0 Å². The topological polar surface area (TPSA) is 90.2 Å². The molecule has 0 spiro atoms. The Labute approximate surface area is 204 Å². The lowest BCUT2D eigenvalue weighted by molar-refractivity contribution is -0.142. The number of carbonyl (C=O) groups is 1. The van der Waals surface area contributed by atoms with Crippen molar-refractivity contribution in [3.05, 3.63) is 53.8 Å². The summed E-state index contributed by atoms with van der Waals surface area (Å²) in [7, 11) is 0. The maximum Gasteiger partial charge on any atom is 0.387 e. The first-order valence-corrected chi connectivity index (χ1v) is 11.3. The summed E-state index contributed by atoms with van der Waals surface area (Å²) in [6.07, 6.45) is 0.310. The van der Waals surface area contributed by atoms with Crippen molar-refractivity contribution < 1.29 is 42.4 Å². The highest BCUT2D eigenvalue weighted by molar-refractivity contribution is 6.15. The summed E-state index contributed by atoms with van der Waals surface area (Å²) in [5.74, 6) is -2.80. The van der Waals surface area contributed by atoms with Gasteiger partial charge in [0.1, 0.15) is 17.3 Å². The third kappa shape index (κ3) is 4.46. The number of benzene rings is 3. The number of fused-ring (bicyclic) bond motifs is 2. The summed E-state index contributed by atoms with van der Waals surface area (Å²) >= 11 is 0. The Morgan fingerprint density at radius 3 is 2.22 bits per heavy atom. The number of hydrogen-bond donors (Lipinski definition) is 2. The minimum absolute atomic E-state index is 0.0141. The highest BCUT2D eigenvalue weighted by atomic mass is 19.3. The molecule has 36 heavy (non-hydrogen) atoms. The molecule has 7 nitrogen and oxygen atoms in total. The van der Waals surface area contributed by atoms with Gasteiger partial charge in [-0.2, -0.15) is 8.78 Å². The summed E-state index contributed by atoms with van der Waals surface area (Å²) < 4.78 is 58.1. The third-order valence-corrected chi connectivity index (χ3v) is 5.58. The molecule has 0 aliphatic rings. The lowest BCUT2D eigenvalue weighted by atomic mass is 10.0. The average Bonchev–Trinajstić information content (AvgIpc) is 3.10. The number of nitrogens with zero attached hydrogens (tertiary/aromatic N) is 1. The van der Waals surface area contributed by atoms with E-state index in [1.807, 2.05) is 6.92 Å². The van der Waals surface area contributed by atoms with Gasteiger partial charge in [0.2, 0.25) is 11.8 Å². The molecule has 0 aliphatic carbocycles. The van der Waals surface area contributed by atoms with Gasteiger partial charge < -0.3 is 24.4 Å². The van der Waals surface area contributed by atoms with Crippen molar-refractivity contribution in [2.75, 3.05) is 13.2 Å². The zero-order valence-corrected chi connectivity index (χ0v) is 19.6. The van der Waals surface area contributed by atoms with Crippen LogP contribution in [0, 0.1) is 5.82 Å². The monoisotopic (exact) mass is 503 g/mol. The molecular formula is C26H24F3NO6. The van der Waals surface area contributed by atoms with Crippen LogP contribution in [0.15, 0.2) is 42.5 Å². The van der Waals surface area contributed by atoms with Gasteiger partial charge in [-0.15, -0.1) is 0 Å². The van der Waals surface area contributed by atoms with E-state index in [-0.39, 0.29) is 58.5 Å². The van der Waals surface area contributed by atoms with Crippen molar-refractivity contribution in [3.63, 3.8) is 0 Å². The average molecular weight is 503 g/mol. The lowest BCUT2D eigenvalue weighted by Crippen LogP contribution is -2.09. The molecule has 0 fully saturated rings.